The van der Waals surface area contributed by atoms with Gasteiger partial charge in [-0.25, -0.2) is 0 Å². The fourth-order valence-corrected chi connectivity index (χ4v) is 1.58. The van der Waals surface area contributed by atoms with E-state index in [1.54, 1.807) is 30.3 Å². The molecule has 2 aromatic rings. The fraction of sp³-hybridized carbons (Fsp3) is 0. The van der Waals surface area contributed by atoms with E-state index in [9.17, 15) is 4.79 Å². The number of rotatable bonds is 2. The number of nitriles is 2. The highest BCUT2D eigenvalue weighted by atomic mass is 16.1. The van der Waals surface area contributed by atoms with E-state index in [1.165, 1.54) is 12.1 Å². The van der Waals surface area contributed by atoms with E-state index >= 15 is 0 Å². The maximum absolute atomic E-state index is 12.1. The van der Waals surface area contributed by atoms with Crippen LogP contribution in [0.3, 0.4) is 0 Å². The van der Waals surface area contributed by atoms with Crippen molar-refractivity contribution in [2.24, 2.45) is 0 Å². The lowest BCUT2D eigenvalue weighted by atomic mass is 9.99. The Hall–Kier alpha value is -2.91. The molecule has 0 N–H and O–H groups in total. The molecule has 0 aromatic heterocycles. The molecular formula is C15H7N2O. The zero-order valence-electron chi connectivity index (χ0n) is 9.34. The molecule has 0 unspecified atom stereocenters. The first kappa shape index (κ1) is 11.6. The first-order chi connectivity index (χ1) is 8.76. The van der Waals surface area contributed by atoms with Crippen LogP contribution in [0.2, 0.25) is 0 Å². The number of benzene rings is 2. The van der Waals surface area contributed by atoms with Crippen LogP contribution in [-0.2, 0) is 0 Å². The minimum Gasteiger partial charge on any atom is -0.289 e. The second kappa shape index (κ2) is 4.95. The molecule has 0 fully saturated rings. The average molecular weight is 231 g/mol. The van der Waals surface area contributed by atoms with Crippen LogP contribution in [0.4, 0.5) is 0 Å². The molecule has 2 aromatic carbocycles. The smallest absolute Gasteiger partial charge is 0.193 e. The third kappa shape index (κ3) is 2.11. The molecular weight excluding hydrogens is 224 g/mol. The molecule has 0 atom stereocenters. The van der Waals surface area contributed by atoms with Gasteiger partial charge >= 0.3 is 0 Å². The van der Waals surface area contributed by atoms with Crippen molar-refractivity contribution in [2.45, 2.75) is 0 Å². The molecule has 0 bridgehead atoms. The van der Waals surface area contributed by atoms with Crippen molar-refractivity contribution in [1.82, 2.24) is 0 Å². The molecule has 0 saturated carbocycles. The molecule has 83 valence electrons. The van der Waals surface area contributed by atoms with E-state index in [0.717, 1.165) is 0 Å². The SMILES string of the molecule is N#Cc1ccc(C(=O)c2c[c]ccc2)cc1C#N. The van der Waals surface area contributed by atoms with E-state index in [2.05, 4.69) is 6.07 Å². The Bertz CT molecular complexity index is 676. The van der Waals surface area contributed by atoms with E-state index < -0.39 is 0 Å². The van der Waals surface area contributed by atoms with Crippen LogP contribution in [0, 0.1) is 28.7 Å². The number of hydrogen-bond donors (Lipinski definition) is 0. The third-order valence-electron chi connectivity index (χ3n) is 2.49. The van der Waals surface area contributed by atoms with Crippen LogP contribution in [0.15, 0.2) is 42.5 Å². The molecule has 1 radical (unpaired) electrons. The van der Waals surface area contributed by atoms with E-state index in [-0.39, 0.29) is 16.9 Å². The maximum Gasteiger partial charge on any atom is 0.193 e. The minimum atomic E-state index is -0.187. The van der Waals surface area contributed by atoms with Gasteiger partial charge in [-0.2, -0.15) is 10.5 Å². The number of ketones is 1. The second-order valence-electron chi connectivity index (χ2n) is 3.61. The first-order valence-electron chi connectivity index (χ1n) is 5.21. The summed E-state index contributed by atoms with van der Waals surface area (Å²) >= 11 is 0. The van der Waals surface area contributed by atoms with Crippen LogP contribution in [0.25, 0.3) is 0 Å². The standard InChI is InChI=1S/C15H7N2O/c16-9-13-7-6-12(8-14(13)10-17)15(18)11-4-2-1-3-5-11/h1-2,4-8H. The average Bonchev–Trinajstić information content (AvgIpc) is 2.46. The predicted molar refractivity (Wildman–Crippen MR) is 64.6 cm³/mol. The molecule has 0 heterocycles. The van der Waals surface area contributed by atoms with Crippen LogP contribution >= 0.6 is 0 Å². The second-order valence-corrected chi connectivity index (χ2v) is 3.61. The monoisotopic (exact) mass is 231 g/mol. The molecule has 0 aliphatic carbocycles. The highest BCUT2D eigenvalue weighted by Gasteiger charge is 2.11. The molecule has 0 spiro atoms. The Labute approximate surface area is 105 Å². The van der Waals surface area contributed by atoms with Crippen LogP contribution in [0.5, 0.6) is 0 Å². The highest BCUT2D eigenvalue weighted by molar-refractivity contribution is 6.09. The summed E-state index contributed by atoms with van der Waals surface area (Å²) in [5.74, 6) is -0.187. The molecule has 0 saturated heterocycles. The van der Waals surface area contributed by atoms with Gasteiger partial charge in [-0.05, 0) is 30.3 Å². The highest BCUT2D eigenvalue weighted by Crippen LogP contribution is 2.14. The molecule has 0 aliphatic rings. The van der Waals surface area contributed by atoms with Crippen LogP contribution in [-0.4, -0.2) is 5.78 Å². The van der Waals surface area contributed by atoms with Gasteiger partial charge in [-0.15, -0.1) is 0 Å². The Kier molecular flexibility index (Phi) is 3.18. The molecule has 3 heteroatoms. The first-order valence-corrected chi connectivity index (χ1v) is 5.21. The number of carbonyl (C=O) groups excluding carboxylic acids is 1. The van der Waals surface area contributed by atoms with Gasteiger partial charge in [0.2, 0.25) is 0 Å². The molecule has 2 rings (SSSR count). The largest absolute Gasteiger partial charge is 0.289 e. The quantitative estimate of drug-likeness (QED) is 0.745. The van der Waals surface area contributed by atoms with Crippen molar-refractivity contribution >= 4 is 5.78 Å². The zero-order valence-corrected chi connectivity index (χ0v) is 9.34. The lowest BCUT2D eigenvalue weighted by Gasteiger charge is -2.02. The normalized spacial score (nSPS) is 9.22. The van der Waals surface area contributed by atoms with Gasteiger partial charge in [0.15, 0.2) is 5.78 Å². The van der Waals surface area contributed by atoms with Crippen LogP contribution < -0.4 is 0 Å². The number of nitrogens with zero attached hydrogens (tertiary/aromatic N) is 2. The summed E-state index contributed by atoms with van der Waals surface area (Å²) in [7, 11) is 0. The van der Waals surface area contributed by atoms with Gasteiger partial charge in [0, 0.05) is 11.1 Å². The van der Waals surface area contributed by atoms with Gasteiger partial charge in [0.25, 0.3) is 0 Å². The summed E-state index contributed by atoms with van der Waals surface area (Å²) in [6.45, 7) is 0. The molecule has 0 amide bonds. The Balaban J connectivity index is 2.45. The molecule has 3 nitrogen and oxygen atoms in total. The lowest BCUT2D eigenvalue weighted by Crippen LogP contribution is -2.02. The third-order valence-corrected chi connectivity index (χ3v) is 2.49. The van der Waals surface area contributed by atoms with Crippen molar-refractivity contribution in [3.8, 4) is 12.1 Å². The van der Waals surface area contributed by atoms with E-state index in [4.69, 9.17) is 10.5 Å². The topological polar surface area (TPSA) is 64.7 Å². The molecule has 0 aliphatic heterocycles. The Morgan fingerprint density at radius 1 is 1.06 bits per heavy atom. The maximum atomic E-state index is 12.1. The minimum absolute atomic E-state index is 0.187. The Morgan fingerprint density at radius 2 is 1.83 bits per heavy atom. The predicted octanol–water partition coefficient (Wildman–Crippen LogP) is 2.46. The zero-order chi connectivity index (χ0) is 13.0. The van der Waals surface area contributed by atoms with Gasteiger partial charge < -0.3 is 0 Å². The number of carbonyl (C=O) groups is 1. The molecule has 18 heavy (non-hydrogen) atoms. The van der Waals surface area contributed by atoms with E-state index in [0.29, 0.717) is 11.1 Å². The fourth-order valence-electron chi connectivity index (χ4n) is 1.58. The van der Waals surface area contributed by atoms with Crippen molar-refractivity contribution in [2.75, 3.05) is 0 Å². The van der Waals surface area contributed by atoms with Gasteiger partial charge in [-0.3, -0.25) is 4.79 Å². The van der Waals surface area contributed by atoms with Gasteiger partial charge in [-0.1, -0.05) is 18.2 Å². The van der Waals surface area contributed by atoms with Crippen molar-refractivity contribution in [3.63, 3.8) is 0 Å². The van der Waals surface area contributed by atoms with Crippen LogP contribution in [0.1, 0.15) is 27.0 Å². The van der Waals surface area contributed by atoms with Crippen molar-refractivity contribution in [3.05, 3.63) is 70.8 Å². The summed E-state index contributed by atoms with van der Waals surface area (Å²) in [6, 6.07) is 17.8. The van der Waals surface area contributed by atoms with E-state index in [1.807, 2.05) is 12.1 Å². The van der Waals surface area contributed by atoms with Gasteiger partial charge in [0.1, 0.15) is 12.1 Å². The summed E-state index contributed by atoms with van der Waals surface area (Å²) in [5.41, 5.74) is 1.38. The lowest BCUT2D eigenvalue weighted by molar-refractivity contribution is 0.103. The number of hydrogen-bond acceptors (Lipinski definition) is 3. The Morgan fingerprint density at radius 3 is 2.44 bits per heavy atom. The summed E-state index contributed by atoms with van der Waals surface area (Å²) < 4.78 is 0. The summed E-state index contributed by atoms with van der Waals surface area (Å²) in [6.07, 6.45) is 0. The summed E-state index contributed by atoms with van der Waals surface area (Å²) in [5, 5.41) is 17.7. The van der Waals surface area contributed by atoms with Gasteiger partial charge in [0.05, 0.1) is 11.1 Å². The summed E-state index contributed by atoms with van der Waals surface area (Å²) in [4.78, 5) is 12.1. The van der Waals surface area contributed by atoms with Crippen molar-refractivity contribution in [1.29, 1.82) is 10.5 Å². The van der Waals surface area contributed by atoms with Crippen molar-refractivity contribution < 1.29 is 4.79 Å².